The number of amides is 1. The first-order valence-corrected chi connectivity index (χ1v) is 13.8. The van der Waals surface area contributed by atoms with Crippen LogP contribution in [0.1, 0.15) is 44.1 Å². The molecule has 4 aliphatic rings. The van der Waals surface area contributed by atoms with Crippen LogP contribution in [-0.4, -0.2) is 66.9 Å². The van der Waals surface area contributed by atoms with Crippen molar-refractivity contribution in [2.75, 3.05) is 41.9 Å². The van der Waals surface area contributed by atoms with Gasteiger partial charge >= 0.3 is 6.18 Å². The first-order valence-electron chi connectivity index (χ1n) is 13.8. The van der Waals surface area contributed by atoms with Crippen LogP contribution in [0.5, 0.6) is 0 Å². The van der Waals surface area contributed by atoms with E-state index in [0.29, 0.717) is 28.4 Å². The second-order valence-corrected chi connectivity index (χ2v) is 11.3. The number of carbonyl (C=O) groups excluding carboxylic acids is 1. The molecule has 2 bridgehead atoms. The van der Waals surface area contributed by atoms with Gasteiger partial charge in [0, 0.05) is 36.7 Å². The maximum Gasteiger partial charge on any atom is 0.401 e. The van der Waals surface area contributed by atoms with Gasteiger partial charge in [0.15, 0.2) is 0 Å². The highest BCUT2D eigenvalue weighted by molar-refractivity contribution is 6.00. The third-order valence-corrected chi connectivity index (χ3v) is 8.78. The smallest absolute Gasteiger partial charge is 0.381 e. The second-order valence-electron chi connectivity index (χ2n) is 11.3. The van der Waals surface area contributed by atoms with Crippen LogP contribution in [0, 0.1) is 17.6 Å². The molecule has 2 aromatic rings. The lowest BCUT2D eigenvalue weighted by Gasteiger charge is -2.41. The van der Waals surface area contributed by atoms with Crippen LogP contribution in [0.2, 0.25) is 0 Å². The van der Waals surface area contributed by atoms with Crippen molar-refractivity contribution in [3.63, 3.8) is 0 Å². The Balaban J connectivity index is 1.34. The Labute approximate surface area is 229 Å². The maximum atomic E-state index is 15.8. The molecule has 0 aliphatic carbocycles. The van der Waals surface area contributed by atoms with Gasteiger partial charge in [-0.15, -0.1) is 0 Å². The molecule has 1 amide bonds. The molecule has 1 N–H and O–H groups in total. The Morgan fingerprint density at radius 3 is 2.40 bits per heavy atom. The van der Waals surface area contributed by atoms with Crippen LogP contribution < -0.4 is 15.1 Å². The van der Waals surface area contributed by atoms with E-state index in [2.05, 4.69) is 15.2 Å². The van der Waals surface area contributed by atoms with Crippen molar-refractivity contribution in [2.45, 2.75) is 69.4 Å². The molecule has 0 saturated carbocycles. The normalized spacial score (nSPS) is 25.3. The Kier molecular flexibility index (Phi) is 7.10. The number of fused-ring (bicyclic) bond motifs is 4. The fourth-order valence-corrected chi connectivity index (χ4v) is 6.89. The molecular formula is C28H32F5N5O2. The second kappa shape index (κ2) is 10.4. The number of piperidine rings is 2. The number of hydrogen-bond acceptors (Lipinski definition) is 6. The van der Waals surface area contributed by atoms with E-state index < -0.39 is 30.3 Å². The Morgan fingerprint density at radius 2 is 1.75 bits per heavy atom. The lowest BCUT2D eigenvalue weighted by Crippen LogP contribution is -2.46. The number of pyridine rings is 1. The minimum atomic E-state index is -4.30. The number of alkyl halides is 3. The van der Waals surface area contributed by atoms with Crippen molar-refractivity contribution in [3.05, 3.63) is 41.6 Å². The fraction of sp³-hybridized carbons (Fsp3) is 0.571. The number of carbonyl (C=O) groups is 1. The van der Waals surface area contributed by atoms with Gasteiger partial charge in [-0.25, -0.2) is 13.8 Å². The summed E-state index contributed by atoms with van der Waals surface area (Å²) in [4.78, 5) is 23.0. The van der Waals surface area contributed by atoms with E-state index in [9.17, 15) is 22.4 Å². The van der Waals surface area contributed by atoms with Crippen molar-refractivity contribution in [1.29, 1.82) is 0 Å². The number of ether oxygens (including phenoxy) is 1. The van der Waals surface area contributed by atoms with Gasteiger partial charge < -0.3 is 19.9 Å². The molecule has 216 valence electrons. The van der Waals surface area contributed by atoms with Crippen LogP contribution in [0.4, 0.5) is 44.8 Å². The topological polar surface area (TPSA) is 60.9 Å². The molecule has 0 radical (unpaired) electrons. The van der Waals surface area contributed by atoms with Gasteiger partial charge in [0.1, 0.15) is 17.5 Å². The van der Waals surface area contributed by atoms with E-state index in [4.69, 9.17) is 4.74 Å². The number of halogens is 5. The highest BCUT2D eigenvalue weighted by Gasteiger charge is 2.43. The summed E-state index contributed by atoms with van der Waals surface area (Å²) in [7, 11) is 1.69. The number of nitrogens with one attached hydrogen (secondary N) is 1. The third kappa shape index (κ3) is 5.23. The fourth-order valence-electron chi connectivity index (χ4n) is 6.89. The van der Waals surface area contributed by atoms with Gasteiger partial charge in [-0.2, -0.15) is 13.2 Å². The number of nitrogens with zero attached hydrogens (tertiary/aromatic N) is 4. The number of aromatic nitrogens is 1. The number of rotatable bonds is 4. The summed E-state index contributed by atoms with van der Waals surface area (Å²) >= 11 is 0. The van der Waals surface area contributed by atoms with E-state index >= 15 is 4.39 Å². The van der Waals surface area contributed by atoms with E-state index in [1.54, 1.807) is 13.2 Å². The first kappa shape index (κ1) is 27.2. The van der Waals surface area contributed by atoms with Crippen molar-refractivity contribution in [1.82, 2.24) is 9.88 Å². The van der Waals surface area contributed by atoms with Gasteiger partial charge in [-0.3, -0.25) is 9.69 Å². The van der Waals surface area contributed by atoms with Crippen molar-refractivity contribution in [3.8, 4) is 0 Å². The summed E-state index contributed by atoms with van der Waals surface area (Å²) in [5, 5.41) is 3.09. The summed E-state index contributed by atoms with van der Waals surface area (Å²) in [5.74, 6) is -1.46. The van der Waals surface area contributed by atoms with Gasteiger partial charge in [-0.05, 0) is 63.7 Å². The van der Waals surface area contributed by atoms with E-state index in [1.165, 1.54) is 21.9 Å². The molecule has 3 fully saturated rings. The van der Waals surface area contributed by atoms with Gasteiger partial charge in [-0.1, -0.05) is 0 Å². The molecule has 6 rings (SSSR count). The molecule has 5 heterocycles. The Hall–Kier alpha value is -2.99. The summed E-state index contributed by atoms with van der Waals surface area (Å²) in [6, 6.07) is 4.57. The average molecular weight is 566 g/mol. The zero-order chi connectivity index (χ0) is 28.2. The largest absolute Gasteiger partial charge is 0.401 e. The monoisotopic (exact) mass is 565 g/mol. The minimum Gasteiger partial charge on any atom is -0.381 e. The van der Waals surface area contributed by atoms with Gasteiger partial charge in [0.25, 0.3) is 0 Å². The zero-order valence-corrected chi connectivity index (χ0v) is 22.2. The number of benzene rings is 1. The molecule has 0 unspecified atom stereocenters. The minimum absolute atomic E-state index is 0.00533. The first-order chi connectivity index (χ1) is 19.1. The highest BCUT2D eigenvalue weighted by atomic mass is 19.4. The lowest BCUT2D eigenvalue weighted by molar-refractivity contribution is -0.149. The van der Waals surface area contributed by atoms with Crippen LogP contribution in [0.3, 0.4) is 0 Å². The van der Waals surface area contributed by atoms with E-state index in [0.717, 1.165) is 31.9 Å². The van der Waals surface area contributed by atoms with Gasteiger partial charge in [0.05, 0.1) is 42.5 Å². The molecular weight excluding hydrogens is 533 g/mol. The van der Waals surface area contributed by atoms with Crippen LogP contribution in [0.15, 0.2) is 24.4 Å². The van der Waals surface area contributed by atoms with Crippen molar-refractivity contribution < 1.29 is 31.5 Å². The SMILES string of the molecule is CO[C@@H]1C[C@H]2CC[C@@H](C1)N2c1cc2c(cc1F)Nc1ncc(F)cc1CN2C(=O)C1CCN(CC(F)(F)F)CC1. The van der Waals surface area contributed by atoms with Crippen LogP contribution in [-0.2, 0) is 16.1 Å². The molecule has 4 aliphatic heterocycles. The summed E-state index contributed by atoms with van der Waals surface area (Å²) in [6.45, 7) is -0.707. The molecule has 0 spiro atoms. The van der Waals surface area contributed by atoms with Crippen molar-refractivity contribution >= 4 is 28.8 Å². The summed E-state index contributed by atoms with van der Waals surface area (Å²) < 4.78 is 74.2. The van der Waals surface area contributed by atoms with E-state index in [-0.39, 0.29) is 56.6 Å². The quantitative estimate of drug-likeness (QED) is 0.503. The standard InChI is InChI=1S/C28H32F5N5O2/c1-40-21-9-19-2-3-20(10-21)38(19)24-12-25-23(11-22(24)30)35-26-17(8-18(29)13-34-26)14-37(25)27(39)16-4-6-36(7-5-16)15-28(31,32)33/h8,11-13,16,19-21H,2-7,9-10,14-15H2,1H3,(H,34,35)/t19-,20+,21-. The molecule has 40 heavy (non-hydrogen) atoms. The predicted molar refractivity (Wildman–Crippen MR) is 140 cm³/mol. The van der Waals surface area contributed by atoms with Crippen LogP contribution in [0.25, 0.3) is 0 Å². The molecule has 7 nitrogen and oxygen atoms in total. The Bertz CT molecular complexity index is 1270. The number of methoxy groups -OCH3 is 1. The molecule has 3 saturated heterocycles. The number of hydrogen-bond donors (Lipinski definition) is 1. The lowest BCUT2D eigenvalue weighted by atomic mass is 9.94. The van der Waals surface area contributed by atoms with Crippen LogP contribution >= 0.6 is 0 Å². The highest BCUT2D eigenvalue weighted by Crippen LogP contribution is 2.46. The average Bonchev–Trinajstić information content (AvgIpc) is 3.07. The van der Waals surface area contributed by atoms with E-state index in [1.807, 2.05) is 0 Å². The third-order valence-electron chi connectivity index (χ3n) is 8.78. The van der Waals surface area contributed by atoms with Crippen molar-refractivity contribution in [2.24, 2.45) is 5.92 Å². The molecule has 1 aromatic heterocycles. The summed E-state index contributed by atoms with van der Waals surface area (Å²) in [5.41, 5.74) is 1.62. The molecule has 12 heteroatoms. The number of likely N-dealkylation sites (tertiary alicyclic amines) is 1. The molecule has 3 atom stereocenters. The maximum absolute atomic E-state index is 15.8. The Morgan fingerprint density at radius 1 is 1.05 bits per heavy atom. The van der Waals surface area contributed by atoms with Gasteiger partial charge in [0.2, 0.25) is 5.91 Å². The predicted octanol–water partition coefficient (Wildman–Crippen LogP) is 5.37. The number of anilines is 4. The zero-order valence-electron chi connectivity index (χ0n) is 22.2. The summed E-state index contributed by atoms with van der Waals surface area (Å²) in [6.07, 6.45) is 0.838. The molecule has 1 aromatic carbocycles.